The fourth-order valence-electron chi connectivity index (χ4n) is 1.35. The number of pyridine rings is 1. The summed E-state index contributed by atoms with van der Waals surface area (Å²) in [5.41, 5.74) is 0.101. The second-order valence-electron chi connectivity index (χ2n) is 3.46. The van der Waals surface area contributed by atoms with Gasteiger partial charge in [-0.15, -0.1) is 0 Å². The Morgan fingerprint density at radius 2 is 2.11 bits per heavy atom. The van der Waals surface area contributed by atoms with E-state index in [0.29, 0.717) is 15.4 Å². The zero-order chi connectivity index (χ0) is 13.1. The topological polar surface area (TPSA) is 62.2 Å². The van der Waals surface area contributed by atoms with Crippen molar-refractivity contribution in [3.63, 3.8) is 0 Å². The number of nitrogens with one attached hydrogen (secondary N) is 1. The molecule has 1 amide bonds. The van der Waals surface area contributed by atoms with Gasteiger partial charge in [0.2, 0.25) is 0 Å². The number of halogens is 2. The van der Waals surface area contributed by atoms with Crippen LogP contribution < -0.4 is 5.32 Å². The van der Waals surface area contributed by atoms with Gasteiger partial charge in [0.25, 0.3) is 5.91 Å². The number of rotatable bonds is 2. The lowest BCUT2D eigenvalue weighted by Crippen LogP contribution is -2.13. The monoisotopic (exact) mass is 326 g/mol. The van der Waals surface area contributed by atoms with Crippen molar-refractivity contribution in [1.29, 1.82) is 0 Å². The molecule has 0 aliphatic heterocycles. The number of aromatic hydroxyl groups is 1. The minimum Gasteiger partial charge on any atom is -0.507 e. The predicted octanol–water partition coefficient (Wildman–Crippen LogP) is 3.46. The van der Waals surface area contributed by atoms with Gasteiger partial charge in [0.05, 0.1) is 5.56 Å². The predicted molar refractivity (Wildman–Crippen MR) is 73.0 cm³/mol. The van der Waals surface area contributed by atoms with E-state index < -0.39 is 5.91 Å². The first-order valence-corrected chi connectivity index (χ1v) is 6.16. The molecule has 0 radical (unpaired) electrons. The molecule has 0 atom stereocenters. The summed E-state index contributed by atoms with van der Waals surface area (Å²) in [6, 6.07) is 9.39. The maximum absolute atomic E-state index is 11.9. The summed E-state index contributed by atoms with van der Waals surface area (Å²) in [5.74, 6) is -0.221. The van der Waals surface area contributed by atoms with Gasteiger partial charge in [-0.2, -0.15) is 0 Å². The second-order valence-corrected chi connectivity index (χ2v) is 4.71. The van der Waals surface area contributed by atoms with E-state index in [1.807, 2.05) is 0 Å². The van der Waals surface area contributed by atoms with Crippen LogP contribution in [0.2, 0.25) is 5.02 Å². The highest BCUT2D eigenvalue weighted by atomic mass is 79.9. The Bertz CT molecular complexity index is 604. The van der Waals surface area contributed by atoms with E-state index in [1.165, 1.54) is 18.2 Å². The maximum Gasteiger partial charge on any atom is 0.260 e. The minimum absolute atomic E-state index is 0.101. The van der Waals surface area contributed by atoms with Crippen molar-refractivity contribution in [2.45, 2.75) is 0 Å². The number of carbonyl (C=O) groups excluding carboxylic acids is 1. The van der Waals surface area contributed by atoms with Crippen molar-refractivity contribution in [2.24, 2.45) is 0 Å². The largest absolute Gasteiger partial charge is 0.507 e. The van der Waals surface area contributed by atoms with Crippen LogP contribution in [0, 0.1) is 0 Å². The van der Waals surface area contributed by atoms with Gasteiger partial charge in [0, 0.05) is 5.02 Å². The van der Waals surface area contributed by atoms with E-state index in [-0.39, 0.29) is 11.3 Å². The molecular weight excluding hydrogens is 320 g/mol. The molecular formula is C12H8BrClN2O2. The quantitative estimate of drug-likeness (QED) is 0.830. The van der Waals surface area contributed by atoms with Crippen LogP contribution in [-0.4, -0.2) is 16.0 Å². The molecule has 6 heteroatoms. The fourth-order valence-corrected chi connectivity index (χ4v) is 1.87. The second kappa shape index (κ2) is 5.37. The van der Waals surface area contributed by atoms with Crippen molar-refractivity contribution in [1.82, 2.24) is 4.98 Å². The Morgan fingerprint density at radius 1 is 1.33 bits per heavy atom. The summed E-state index contributed by atoms with van der Waals surface area (Å²) in [4.78, 5) is 16.0. The van der Waals surface area contributed by atoms with Gasteiger partial charge >= 0.3 is 0 Å². The number of phenols is 1. The number of nitrogens with zero attached hydrogens (tertiary/aromatic N) is 1. The Kier molecular flexibility index (Phi) is 3.84. The number of aromatic nitrogens is 1. The molecule has 0 fully saturated rings. The number of hydrogen-bond donors (Lipinski definition) is 2. The SMILES string of the molecule is O=C(Nc1cccc(Br)n1)c1cc(Cl)ccc1O. The highest BCUT2D eigenvalue weighted by molar-refractivity contribution is 9.10. The first-order valence-electron chi connectivity index (χ1n) is 4.98. The van der Waals surface area contributed by atoms with Gasteiger partial charge in [0.15, 0.2) is 0 Å². The van der Waals surface area contributed by atoms with E-state index in [2.05, 4.69) is 26.2 Å². The average Bonchev–Trinajstić information content (AvgIpc) is 2.32. The lowest BCUT2D eigenvalue weighted by molar-refractivity contribution is 0.102. The highest BCUT2D eigenvalue weighted by Gasteiger charge is 2.12. The molecule has 1 heterocycles. The van der Waals surface area contributed by atoms with Crippen molar-refractivity contribution in [3.8, 4) is 5.75 Å². The first kappa shape index (κ1) is 12.9. The van der Waals surface area contributed by atoms with Crippen LogP contribution in [0.5, 0.6) is 5.75 Å². The molecule has 2 rings (SSSR count). The first-order chi connectivity index (χ1) is 8.56. The van der Waals surface area contributed by atoms with Crippen molar-refractivity contribution < 1.29 is 9.90 Å². The smallest absolute Gasteiger partial charge is 0.260 e. The number of amides is 1. The van der Waals surface area contributed by atoms with Gasteiger partial charge in [-0.1, -0.05) is 17.7 Å². The molecule has 0 aliphatic rings. The molecule has 18 heavy (non-hydrogen) atoms. The van der Waals surface area contributed by atoms with Crippen LogP contribution in [-0.2, 0) is 0 Å². The van der Waals surface area contributed by atoms with Gasteiger partial charge in [-0.25, -0.2) is 4.98 Å². The summed E-state index contributed by atoms with van der Waals surface area (Å²) in [7, 11) is 0. The normalized spacial score (nSPS) is 10.1. The van der Waals surface area contributed by atoms with E-state index in [9.17, 15) is 9.90 Å². The van der Waals surface area contributed by atoms with Crippen molar-refractivity contribution in [3.05, 3.63) is 51.6 Å². The van der Waals surface area contributed by atoms with Crippen LogP contribution in [0.3, 0.4) is 0 Å². The summed E-state index contributed by atoms with van der Waals surface area (Å²) in [5, 5.41) is 12.5. The van der Waals surface area contributed by atoms with Crippen LogP contribution in [0.4, 0.5) is 5.82 Å². The summed E-state index contributed by atoms with van der Waals surface area (Å²) in [6.45, 7) is 0. The zero-order valence-corrected chi connectivity index (χ0v) is 11.4. The van der Waals surface area contributed by atoms with Crippen LogP contribution in [0.25, 0.3) is 0 Å². The van der Waals surface area contributed by atoms with E-state index in [1.54, 1.807) is 18.2 Å². The molecule has 92 valence electrons. The summed E-state index contributed by atoms with van der Waals surface area (Å²) >= 11 is 8.98. The molecule has 2 N–H and O–H groups in total. The molecule has 0 bridgehead atoms. The van der Waals surface area contributed by atoms with Gasteiger partial charge in [-0.3, -0.25) is 4.79 Å². The van der Waals surface area contributed by atoms with Gasteiger partial charge in [-0.05, 0) is 46.3 Å². The van der Waals surface area contributed by atoms with Crippen LogP contribution in [0.1, 0.15) is 10.4 Å². The molecule has 2 aromatic rings. The van der Waals surface area contributed by atoms with E-state index in [0.717, 1.165) is 0 Å². The Balaban J connectivity index is 2.24. The number of benzene rings is 1. The molecule has 1 aromatic heterocycles. The molecule has 1 aromatic carbocycles. The molecule has 4 nitrogen and oxygen atoms in total. The molecule has 0 aliphatic carbocycles. The molecule has 0 spiro atoms. The summed E-state index contributed by atoms with van der Waals surface area (Å²) < 4.78 is 0.607. The standard InChI is InChI=1S/C12H8BrClN2O2/c13-10-2-1-3-11(15-10)16-12(18)8-6-7(14)4-5-9(8)17/h1-6,17H,(H,15,16,18). The lowest BCUT2D eigenvalue weighted by atomic mass is 10.2. The third-order valence-corrected chi connectivity index (χ3v) is 2.84. The Labute approximate surface area is 117 Å². The number of anilines is 1. The summed E-state index contributed by atoms with van der Waals surface area (Å²) in [6.07, 6.45) is 0. The average molecular weight is 328 g/mol. The molecule has 0 unspecified atom stereocenters. The van der Waals surface area contributed by atoms with Crippen molar-refractivity contribution >= 4 is 39.3 Å². The van der Waals surface area contributed by atoms with Crippen molar-refractivity contribution in [2.75, 3.05) is 5.32 Å². The number of phenolic OH excluding ortho intramolecular Hbond substituents is 1. The maximum atomic E-state index is 11.9. The Morgan fingerprint density at radius 3 is 2.83 bits per heavy atom. The van der Waals surface area contributed by atoms with Crippen LogP contribution in [0.15, 0.2) is 41.0 Å². The third kappa shape index (κ3) is 3.00. The molecule has 0 saturated carbocycles. The third-order valence-electron chi connectivity index (χ3n) is 2.16. The van der Waals surface area contributed by atoms with Crippen LogP contribution >= 0.6 is 27.5 Å². The fraction of sp³-hybridized carbons (Fsp3) is 0. The Hall–Kier alpha value is -1.59. The van der Waals surface area contributed by atoms with E-state index in [4.69, 9.17) is 11.6 Å². The number of carbonyl (C=O) groups is 1. The zero-order valence-electron chi connectivity index (χ0n) is 9.02. The lowest BCUT2D eigenvalue weighted by Gasteiger charge is -2.06. The van der Waals surface area contributed by atoms with Gasteiger partial charge < -0.3 is 10.4 Å². The molecule has 0 saturated heterocycles. The highest BCUT2D eigenvalue weighted by Crippen LogP contribution is 2.22. The minimum atomic E-state index is -0.472. The van der Waals surface area contributed by atoms with Gasteiger partial charge in [0.1, 0.15) is 16.2 Å². The number of hydrogen-bond acceptors (Lipinski definition) is 3. The van der Waals surface area contributed by atoms with E-state index >= 15 is 0 Å².